The lowest BCUT2D eigenvalue weighted by atomic mass is 10.2. The van der Waals surface area contributed by atoms with Gasteiger partial charge in [-0.15, -0.1) is 0 Å². The third-order valence-electron chi connectivity index (χ3n) is 2.68. The molecule has 0 aliphatic heterocycles. The molecule has 3 aromatic rings. The van der Waals surface area contributed by atoms with Crippen LogP contribution in [0.1, 0.15) is 0 Å². The molecule has 1 aromatic heterocycles. The number of hydrogen-bond acceptors (Lipinski definition) is 2. The van der Waals surface area contributed by atoms with E-state index in [2.05, 4.69) is 4.98 Å². The van der Waals surface area contributed by atoms with Crippen molar-refractivity contribution in [1.29, 1.82) is 0 Å². The molecule has 0 amide bonds. The Balaban J connectivity index is 2.21. The van der Waals surface area contributed by atoms with Gasteiger partial charge in [0.2, 0.25) is 0 Å². The van der Waals surface area contributed by atoms with Gasteiger partial charge in [0.15, 0.2) is 0 Å². The van der Waals surface area contributed by atoms with E-state index in [-0.39, 0.29) is 0 Å². The monoisotopic (exact) mass is 243 g/mol. The zero-order chi connectivity index (χ0) is 11.8. The maximum absolute atomic E-state index is 5.87. The van der Waals surface area contributed by atoms with Gasteiger partial charge in [0, 0.05) is 16.4 Å². The van der Waals surface area contributed by atoms with E-state index in [0.29, 0.717) is 0 Å². The van der Waals surface area contributed by atoms with E-state index in [1.807, 2.05) is 47.0 Å². The summed E-state index contributed by atoms with van der Waals surface area (Å²) in [5, 5.41) is 0.724. The minimum atomic E-state index is 0.721. The van der Waals surface area contributed by atoms with Crippen LogP contribution in [0.15, 0.2) is 48.8 Å². The topological polar surface area (TPSA) is 43.8 Å². The number of imidazole rings is 1. The fraction of sp³-hybridized carbons (Fsp3) is 0. The van der Waals surface area contributed by atoms with Crippen LogP contribution >= 0.6 is 11.6 Å². The Bertz CT molecular complexity index is 671. The largest absolute Gasteiger partial charge is 0.399 e. The Morgan fingerprint density at radius 3 is 2.59 bits per heavy atom. The third-order valence-corrected chi connectivity index (χ3v) is 2.93. The van der Waals surface area contributed by atoms with Crippen molar-refractivity contribution in [2.75, 3.05) is 5.73 Å². The molecule has 0 spiro atoms. The van der Waals surface area contributed by atoms with Crippen LogP contribution in [0, 0.1) is 0 Å². The van der Waals surface area contributed by atoms with Gasteiger partial charge in [-0.2, -0.15) is 0 Å². The number of halogens is 1. The first kappa shape index (κ1) is 10.2. The summed E-state index contributed by atoms with van der Waals surface area (Å²) in [5.41, 5.74) is 9.39. The van der Waals surface area contributed by atoms with Gasteiger partial charge >= 0.3 is 0 Å². The summed E-state index contributed by atoms with van der Waals surface area (Å²) >= 11 is 5.87. The lowest BCUT2D eigenvalue weighted by Crippen LogP contribution is -1.91. The van der Waals surface area contributed by atoms with E-state index in [1.165, 1.54) is 0 Å². The number of benzene rings is 2. The van der Waals surface area contributed by atoms with E-state index in [0.717, 1.165) is 27.4 Å². The van der Waals surface area contributed by atoms with Crippen molar-refractivity contribution < 1.29 is 0 Å². The fourth-order valence-electron chi connectivity index (χ4n) is 1.84. The molecule has 84 valence electrons. The molecular weight excluding hydrogens is 234 g/mol. The van der Waals surface area contributed by atoms with Gasteiger partial charge in [0.25, 0.3) is 0 Å². The average Bonchev–Trinajstić information content (AvgIpc) is 2.73. The first-order valence-electron chi connectivity index (χ1n) is 5.22. The van der Waals surface area contributed by atoms with Crippen LogP contribution in [0.4, 0.5) is 5.69 Å². The molecule has 2 aromatic carbocycles. The van der Waals surface area contributed by atoms with Crippen LogP contribution in [0.2, 0.25) is 5.02 Å². The number of nitrogens with zero attached hydrogens (tertiary/aromatic N) is 2. The van der Waals surface area contributed by atoms with E-state index >= 15 is 0 Å². The van der Waals surface area contributed by atoms with Crippen LogP contribution in [0.5, 0.6) is 0 Å². The van der Waals surface area contributed by atoms with Crippen LogP contribution in [-0.2, 0) is 0 Å². The fourth-order valence-corrected chi connectivity index (χ4v) is 1.96. The van der Waals surface area contributed by atoms with Gasteiger partial charge in [-0.1, -0.05) is 11.6 Å². The van der Waals surface area contributed by atoms with E-state index in [9.17, 15) is 0 Å². The second-order valence-electron chi connectivity index (χ2n) is 3.84. The first-order valence-corrected chi connectivity index (χ1v) is 5.60. The summed E-state index contributed by atoms with van der Waals surface area (Å²) in [6, 6.07) is 13.3. The molecule has 0 radical (unpaired) electrons. The number of nitrogens with two attached hydrogens (primary N) is 1. The van der Waals surface area contributed by atoms with Crippen LogP contribution in [-0.4, -0.2) is 9.55 Å². The third kappa shape index (κ3) is 1.74. The minimum Gasteiger partial charge on any atom is -0.399 e. The van der Waals surface area contributed by atoms with Crippen molar-refractivity contribution in [2.24, 2.45) is 0 Å². The lowest BCUT2D eigenvalue weighted by Gasteiger charge is -2.04. The van der Waals surface area contributed by atoms with Crippen molar-refractivity contribution in [3.63, 3.8) is 0 Å². The number of hydrogen-bond donors (Lipinski definition) is 1. The normalized spacial score (nSPS) is 10.9. The Kier molecular flexibility index (Phi) is 2.27. The molecule has 0 saturated carbocycles. The zero-order valence-corrected chi connectivity index (χ0v) is 9.72. The minimum absolute atomic E-state index is 0.721. The number of aromatic nitrogens is 2. The predicted octanol–water partition coefficient (Wildman–Crippen LogP) is 3.26. The number of fused-ring (bicyclic) bond motifs is 1. The quantitative estimate of drug-likeness (QED) is 0.667. The summed E-state index contributed by atoms with van der Waals surface area (Å²) in [6.07, 6.45) is 1.79. The molecule has 0 aliphatic rings. The first-order chi connectivity index (χ1) is 8.24. The molecule has 3 rings (SSSR count). The predicted molar refractivity (Wildman–Crippen MR) is 70.5 cm³/mol. The molecule has 0 bridgehead atoms. The SMILES string of the molecule is Nc1ccc2c(c1)ncn2-c1ccc(Cl)cc1. The Hall–Kier alpha value is -2.00. The molecule has 0 aliphatic carbocycles. The number of rotatable bonds is 1. The average molecular weight is 244 g/mol. The second-order valence-corrected chi connectivity index (χ2v) is 4.28. The highest BCUT2D eigenvalue weighted by molar-refractivity contribution is 6.30. The molecule has 17 heavy (non-hydrogen) atoms. The molecule has 4 heteroatoms. The van der Waals surface area contributed by atoms with Gasteiger partial charge in [0.05, 0.1) is 11.0 Å². The molecule has 0 saturated heterocycles. The van der Waals surface area contributed by atoms with E-state index in [1.54, 1.807) is 6.33 Å². The Morgan fingerprint density at radius 2 is 1.82 bits per heavy atom. The molecule has 1 heterocycles. The lowest BCUT2D eigenvalue weighted by molar-refractivity contribution is 1.09. The van der Waals surface area contributed by atoms with E-state index in [4.69, 9.17) is 17.3 Å². The van der Waals surface area contributed by atoms with Gasteiger partial charge in [-0.25, -0.2) is 4.98 Å². The van der Waals surface area contributed by atoms with Crippen molar-refractivity contribution >= 4 is 28.3 Å². The standard InChI is InChI=1S/C13H10ClN3/c14-9-1-4-11(5-2-9)17-8-16-12-7-10(15)3-6-13(12)17/h1-8H,15H2. The van der Waals surface area contributed by atoms with Crippen LogP contribution < -0.4 is 5.73 Å². The highest BCUT2D eigenvalue weighted by Gasteiger charge is 2.04. The van der Waals surface area contributed by atoms with Gasteiger partial charge in [-0.3, -0.25) is 4.57 Å². The zero-order valence-electron chi connectivity index (χ0n) is 8.97. The molecular formula is C13H10ClN3. The summed E-state index contributed by atoms with van der Waals surface area (Å²) in [7, 11) is 0. The molecule has 0 fully saturated rings. The van der Waals surface area contributed by atoms with Gasteiger partial charge in [0.1, 0.15) is 6.33 Å². The van der Waals surface area contributed by atoms with Crippen molar-refractivity contribution in [2.45, 2.75) is 0 Å². The summed E-state index contributed by atoms with van der Waals surface area (Å²) in [5.74, 6) is 0. The molecule has 2 N–H and O–H groups in total. The van der Waals surface area contributed by atoms with Gasteiger partial charge in [-0.05, 0) is 42.5 Å². The van der Waals surface area contributed by atoms with Crippen molar-refractivity contribution in [3.8, 4) is 5.69 Å². The number of anilines is 1. The summed E-state index contributed by atoms with van der Waals surface area (Å²) < 4.78 is 2.01. The smallest absolute Gasteiger partial charge is 0.100 e. The Labute approximate surface area is 103 Å². The Morgan fingerprint density at radius 1 is 1.06 bits per heavy atom. The highest BCUT2D eigenvalue weighted by atomic mass is 35.5. The van der Waals surface area contributed by atoms with Gasteiger partial charge < -0.3 is 5.73 Å². The molecule has 0 unspecified atom stereocenters. The second kappa shape index (κ2) is 3.79. The maximum atomic E-state index is 5.87. The summed E-state index contributed by atoms with van der Waals surface area (Å²) in [4.78, 5) is 4.33. The molecule has 0 atom stereocenters. The maximum Gasteiger partial charge on any atom is 0.100 e. The van der Waals surface area contributed by atoms with Crippen LogP contribution in [0.3, 0.4) is 0 Å². The van der Waals surface area contributed by atoms with E-state index < -0.39 is 0 Å². The van der Waals surface area contributed by atoms with Crippen molar-refractivity contribution in [3.05, 3.63) is 53.8 Å². The molecule has 3 nitrogen and oxygen atoms in total. The number of nitrogen functional groups attached to an aromatic ring is 1. The van der Waals surface area contributed by atoms with Crippen LogP contribution in [0.25, 0.3) is 16.7 Å². The highest BCUT2D eigenvalue weighted by Crippen LogP contribution is 2.21. The van der Waals surface area contributed by atoms with Crippen molar-refractivity contribution in [1.82, 2.24) is 9.55 Å². The summed E-state index contributed by atoms with van der Waals surface area (Å²) in [6.45, 7) is 0.